The maximum atomic E-state index is 11.9. The second-order valence-electron chi connectivity index (χ2n) is 4.28. The normalized spacial score (nSPS) is 12.2. The van der Waals surface area contributed by atoms with Gasteiger partial charge in [-0.15, -0.1) is 0 Å². The molecular weight excluding hydrogens is 244 g/mol. The fourth-order valence-corrected chi connectivity index (χ4v) is 2.44. The molecule has 1 aromatic rings. The average molecular weight is 266 g/mol. The Balaban J connectivity index is 2.49. The van der Waals surface area contributed by atoms with Crippen LogP contribution in [0.25, 0.3) is 0 Å². The monoisotopic (exact) mass is 266 g/mol. The first-order valence-corrected chi connectivity index (χ1v) is 7.46. The van der Waals surface area contributed by atoms with Crippen molar-refractivity contribution < 1.29 is 4.79 Å². The summed E-state index contributed by atoms with van der Waals surface area (Å²) in [7, 11) is 0. The van der Waals surface area contributed by atoms with Crippen molar-refractivity contribution in [1.29, 1.82) is 0 Å². The van der Waals surface area contributed by atoms with Gasteiger partial charge in [-0.2, -0.15) is 11.8 Å². The van der Waals surface area contributed by atoms with Crippen LogP contribution >= 0.6 is 11.8 Å². The third kappa shape index (κ3) is 5.10. The standard InChI is InChI=1S/C14H22N2OS/c1-3-18-10-11(2)16-14(17)8-12-6-4-5-7-13(12)9-15/h4-7,11H,3,8-10,15H2,1-2H3,(H,16,17). The molecule has 1 unspecified atom stereocenters. The van der Waals surface area contributed by atoms with Crippen molar-refractivity contribution in [2.75, 3.05) is 11.5 Å². The molecule has 0 aliphatic heterocycles. The first-order chi connectivity index (χ1) is 8.67. The van der Waals surface area contributed by atoms with Crippen molar-refractivity contribution in [2.24, 2.45) is 5.73 Å². The van der Waals surface area contributed by atoms with Gasteiger partial charge in [-0.25, -0.2) is 0 Å². The molecule has 0 fully saturated rings. The van der Waals surface area contributed by atoms with Crippen LogP contribution in [-0.4, -0.2) is 23.5 Å². The van der Waals surface area contributed by atoms with Crippen LogP contribution in [0.2, 0.25) is 0 Å². The highest BCUT2D eigenvalue weighted by atomic mass is 32.2. The molecule has 3 nitrogen and oxygen atoms in total. The summed E-state index contributed by atoms with van der Waals surface area (Å²) < 4.78 is 0. The highest BCUT2D eigenvalue weighted by molar-refractivity contribution is 7.99. The van der Waals surface area contributed by atoms with E-state index in [4.69, 9.17) is 5.73 Å². The molecule has 1 atom stereocenters. The van der Waals surface area contributed by atoms with Gasteiger partial charge >= 0.3 is 0 Å². The van der Waals surface area contributed by atoms with Crippen molar-refractivity contribution in [3.63, 3.8) is 0 Å². The number of carbonyl (C=O) groups is 1. The van der Waals surface area contributed by atoms with Crippen LogP contribution in [-0.2, 0) is 17.8 Å². The van der Waals surface area contributed by atoms with Crippen LogP contribution < -0.4 is 11.1 Å². The summed E-state index contributed by atoms with van der Waals surface area (Å²) in [6.45, 7) is 4.64. The third-order valence-corrected chi connectivity index (χ3v) is 3.81. The maximum Gasteiger partial charge on any atom is 0.224 e. The summed E-state index contributed by atoms with van der Waals surface area (Å²) in [4.78, 5) is 11.9. The summed E-state index contributed by atoms with van der Waals surface area (Å²) in [5, 5.41) is 3.01. The molecule has 0 aromatic heterocycles. The molecule has 0 aliphatic carbocycles. The Kier molecular flexibility index (Phi) is 6.83. The van der Waals surface area contributed by atoms with Gasteiger partial charge in [-0.3, -0.25) is 4.79 Å². The van der Waals surface area contributed by atoms with Crippen LogP contribution in [0.3, 0.4) is 0 Å². The van der Waals surface area contributed by atoms with E-state index in [9.17, 15) is 4.79 Å². The molecule has 0 spiro atoms. The SMILES string of the molecule is CCSCC(C)NC(=O)Cc1ccccc1CN. The zero-order chi connectivity index (χ0) is 13.4. The van der Waals surface area contributed by atoms with Gasteiger partial charge in [0.2, 0.25) is 5.91 Å². The van der Waals surface area contributed by atoms with Crippen molar-refractivity contribution >= 4 is 17.7 Å². The van der Waals surface area contributed by atoms with Gasteiger partial charge in [0.15, 0.2) is 0 Å². The van der Waals surface area contributed by atoms with Crippen LogP contribution in [0.5, 0.6) is 0 Å². The number of amides is 1. The van der Waals surface area contributed by atoms with E-state index in [-0.39, 0.29) is 11.9 Å². The Morgan fingerprint density at radius 3 is 2.67 bits per heavy atom. The summed E-state index contributed by atoms with van der Waals surface area (Å²) in [5.41, 5.74) is 7.72. The summed E-state index contributed by atoms with van der Waals surface area (Å²) >= 11 is 1.84. The first-order valence-electron chi connectivity index (χ1n) is 6.31. The number of carbonyl (C=O) groups excluding carboxylic acids is 1. The van der Waals surface area contributed by atoms with E-state index in [1.807, 2.05) is 43.0 Å². The predicted octanol–water partition coefficient (Wildman–Crippen LogP) is 1.95. The van der Waals surface area contributed by atoms with Crippen molar-refractivity contribution in [1.82, 2.24) is 5.32 Å². The number of thioether (sulfide) groups is 1. The van der Waals surface area contributed by atoms with Crippen LogP contribution in [0.4, 0.5) is 0 Å². The van der Waals surface area contributed by atoms with Crippen LogP contribution in [0.1, 0.15) is 25.0 Å². The topological polar surface area (TPSA) is 55.1 Å². The lowest BCUT2D eigenvalue weighted by atomic mass is 10.0. The van der Waals surface area contributed by atoms with Gasteiger partial charge in [0.25, 0.3) is 0 Å². The third-order valence-electron chi connectivity index (χ3n) is 2.67. The number of nitrogens with two attached hydrogens (primary N) is 1. The van der Waals surface area contributed by atoms with Gasteiger partial charge in [-0.05, 0) is 23.8 Å². The Morgan fingerprint density at radius 2 is 2.06 bits per heavy atom. The van der Waals surface area contributed by atoms with E-state index < -0.39 is 0 Å². The van der Waals surface area contributed by atoms with E-state index in [1.54, 1.807) is 0 Å². The second-order valence-corrected chi connectivity index (χ2v) is 5.60. The fraction of sp³-hybridized carbons (Fsp3) is 0.500. The zero-order valence-corrected chi connectivity index (χ0v) is 11.9. The lowest BCUT2D eigenvalue weighted by Crippen LogP contribution is -2.35. The van der Waals surface area contributed by atoms with Gasteiger partial charge in [0.1, 0.15) is 0 Å². The zero-order valence-electron chi connectivity index (χ0n) is 11.1. The highest BCUT2D eigenvalue weighted by Gasteiger charge is 2.09. The minimum absolute atomic E-state index is 0.0695. The molecule has 4 heteroatoms. The number of benzene rings is 1. The van der Waals surface area contributed by atoms with Crippen molar-refractivity contribution in [2.45, 2.75) is 32.9 Å². The average Bonchev–Trinajstić information content (AvgIpc) is 2.36. The second kappa shape index (κ2) is 8.16. The number of hydrogen-bond donors (Lipinski definition) is 2. The number of nitrogens with one attached hydrogen (secondary N) is 1. The molecular formula is C14H22N2OS. The van der Waals surface area contributed by atoms with E-state index in [2.05, 4.69) is 12.2 Å². The first kappa shape index (κ1) is 15.1. The molecule has 0 radical (unpaired) electrons. The molecule has 0 saturated carbocycles. The molecule has 1 rings (SSSR count). The smallest absolute Gasteiger partial charge is 0.224 e. The molecule has 0 bridgehead atoms. The molecule has 18 heavy (non-hydrogen) atoms. The summed E-state index contributed by atoms with van der Waals surface area (Å²) in [6, 6.07) is 8.04. The van der Waals surface area contributed by atoms with Gasteiger partial charge < -0.3 is 11.1 Å². The Bertz CT molecular complexity index is 382. The molecule has 1 amide bonds. The van der Waals surface area contributed by atoms with Crippen molar-refractivity contribution in [3.8, 4) is 0 Å². The van der Waals surface area contributed by atoms with E-state index in [0.717, 1.165) is 22.6 Å². The quantitative estimate of drug-likeness (QED) is 0.793. The number of rotatable bonds is 7. The molecule has 100 valence electrons. The largest absolute Gasteiger partial charge is 0.353 e. The van der Waals surface area contributed by atoms with Crippen LogP contribution in [0.15, 0.2) is 24.3 Å². The van der Waals surface area contributed by atoms with Crippen LogP contribution in [0, 0.1) is 0 Å². The van der Waals surface area contributed by atoms with Gasteiger partial charge in [0, 0.05) is 18.3 Å². The molecule has 0 aliphatic rings. The molecule has 0 heterocycles. The Morgan fingerprint density at radius 1 is 1.39 bits per heavy atom. The van der Waals surface area contributed by atoms with E-state index in [0.29, 0.717) is 13.0 Å². The lowest BCUT2D eigenvalue weighted by Gasteiger charge is -2.14. The van der Waals surface area contributed by atoms with E-state index >= 15 is 0 Å². The predicted molar refractivity (Wildman–Crippen MR) is 78.6 cm³/mol. The fourth-order valence-electron chi connectivity index (χ4n) is 1.76. The lowest BCUT2D eigenvalue weighted by molar-refractivity contribution is -0.120. The minimum atomic E-state index is 0.0695. The van der Waals surface area contributed by atoms with Gasteiger partial charge in [0.05, 0.1) is 6.42 Å². The molecule has 1 aromatic carbocycles. The molecule has 3 N–H and O–H groups in total. The summed E-state index contributed by atoms with van der Waals surface area (Å²) in [5.74, 6) is 2.11. The number of hydrogen-bond acceptors (Lipinski definition) is 3. The highest BCUT2D eigenvalue weighted by Crippen LogP contribution is 2.09. The minimum Gasteiger partial charge on any atom is -0.353 e. The Hall–Kier alpha value is -1.00. The van der Waals surface area contributed by atoms with Crippen molar-refractivity contribution in [3.05, 3.63) is 35.4 Å². The molecule has 0 saturated heterocycles. The maximum absolute atomic E-state index is 11.9. The van der Waals surface area contributed by atoms with E-state index in [1.165, 1.54) is 0 Å². The van der Waals surface area contributed by atoms with Gasteiger partial charge in [-0.1, -0.05) is 31.2 Å². The summed E-state index contributed by atoms with van der Waals surface area (Å²) in [6.07, 6.45) is 0.411. The Labute approximate surface area is 114 Å².